The van der Waals surface area contributed by atoms with Gasteiger partial charge in [-0.3, -0.25) is 4.79 Å². The summed E-state index contributed by atoms with van der Waals surface area (Å²) in [5, 5.41) is 2.82. The van der Waals surface area contributed by atoms with E-state index in [1.807, 2.05) is 36.1 Å². The van der Waals surface area contributed by atoms with Crippen LogP contribution in [0.15, 0.2) is 28.7 Å². The molecule has 1 unspecified atom stereocenters. The van der Waals surface area contributed by atoms with E-state index in [0.29, 0.717) is 12.6 Å². The first-order valence-electron chi connectivity index (χ1n) is 5.65. The smallest absolute Gasteiger partial charge is 0.299 e. The second-order valence-corrected chi connectivity index (χ2v) is 4.12. The minimum Gasteiger partial charge on any atom is -0.423 e. The lowest BCUT2D eigenvalue weighted by Gasteiger charge is -2.31. The van der Waals surface area contributed by atoms with Crippen molar-refractivity contribution in [3.05, 3.63) is 24.3 Å². The van der Waals surface area contributed by atoms with E-state index in [9.17, 15) is 4.79 Å². The third-order valence-electron chi connectivity index (χ3n) is 3.03. The lowest BCUT2D eigenvalue weighted by Crippen LogP contribution is -2.54. The van der Waals surface area contributed by atoms with E-state index < -0.39 is 0 Å². The van der Waals surface area contributed by atoms with Gasteiger partial charge in [0.25, 0.3) is 6.01 Å². The van der Waals surface area contributed by atoms with Crippen molar-refractivity contribution in [2.45, 2.75) is 13.0 Å². The highest BCUT2D eigenvalue weighted by Gasteiger charge is 2.28. The van der Waals surface area contributed by atoms with Gasteiger partial charge in [0.1, 0.15) is 11.6 Å². The first kappa shape index (κ1) is 10.1. The predicted molar refractivity (Wildman–Crippen MR) is 63.8 cm³/mol. The summed E-state index contributed by atoms with van der Waals surface area (Å²) in [5.41, 5.74) is 1.57. The van der Waals surface area contributed by atoms with E-state index in [1.165, 1.54) is 0 Å². The Labute approximate surface area is 98.4 Å². The highest BCUT2D eigenvalue weighted by molar-refractivity contribution is 5.86. The van der Waals surface area contributed by atoms with Crippen LogP contribution in [0.4, 0.5) is 6.01 Å². The van der Waals surface area contributed by atoms with Crippen LogP contribution in [0.5, 0.6) is 0 Å². The molecule has 88 valence electrons. The summed E-state index contributed by atoms with van der Waals surface area (Å²) in [6, 6.07) is 7.88. The van der Waals surface area contributed by atoms with E-state index in [1.54, 1.807) is 0 Å². The minimum absolute atomic E-state index is 0.0125. The number of nitrogens with zero attached hydrogens (tertiary/aromatic N) is 2. The number of rotatable bonds is 1. The molecule has 17 heavy (non-hydrogen) atoms. The number of aromatic nitrogens is 1. The number of carbonyl (C=O) groups is 1. The van der Waals surface area contributed by atoms with Crippen LogP contribution >= 0.6 is 0 Å². The van der Waals surface area contributed by atoms with Crippen molar-refractivity contribution in [3.63, 3.8) is 0 Å². The number of amides is 1. The van der Waals surface area contributed by atoms with Gasteiger partial charge in [0.15, 0.2) is 5.58 Å². The Hall–Kier alpha value is -2.04. The highest BCUT2D eigenvalue weighted by Crippen LogP contribution is 2.23. The first-order valence-corrected chi connectivity index (χ1v) is 5.65. The number of piperazine rings is 1. The number of para-hydroxylation sites is 2. The standard InChI is InChI=1S/C12H13N3O2/c1-8-11(16)13-6-7-15(8)12-14-9-4-2-3-5-10(9)17-12/h2-5,8H,6-7H2,1H3,(H,13,16). The maximum atomic E-state index is 11.6. The summed E-state index contributed by atoms with van der Waals surface area (Å²) in [6.07, 6.45) is 0. The van der Waals surface area contributed by atoms with Gasteiger partial charge >= 0.3 is 0 Å². The maximum Gasteiger partial charge on any atom is 0.299 e. The van der Waals surface area contributed by atoms with Crippen molar-refractivity contribution in [2.75, 3.05) is 18.0 Å². The van der Waals surface area contributed by atoms with Crippen LogP contribution in [0.1, 0.15) is 6.92 Å². The lowest BCUT2D eigenvalue weighted by molar-refractivity contribution is -0.123. The molecule has 1 N–H and O–H groups in total. The molecular weight excluding hydrogens is 218 g/mol. The van der Waals surface area contributed by atoms with E-state index in [2.05, 4.69) is 10.3 Å². The zero-order valence-corrected chi connectivity index (χ0v) is 9.51. The van der Waals surface area contributed by atoms with Crippen molar-refractivity contribution < 1.29 is 9.21 Å². The largest absolute Gasteiger partial charge is 0.423 e. The molecule has 1 fully saturated rings. The van der Waals surface area contributed by atoms with Gasteiger partial charge in [0.05, 0.1) is 0 Å². The number of carbonyl (C=O) groups excluding carboxylic acids is 1. The Kier molecular flexibility index (Phi) is 2.24. The quantitative estimate of drug-likeness (QED) is 0.800. The van der Waals surface area contributed by atoms with Crippen molar-refractivity contribution in [1.82, 2.24) is 10.3 Å². The second kappa shape index (κ2) is 3.76. The first-order chi connectivity index (χ1) is 8.25. The molecule has 3 rings (SSSR count). The molecule has 1 atom stereocenters. The summed E-state index contributed by atoms with van der Waals surface area (Å²) in [7, 11) is 0. The average Bonchev–Trinajstić information content (AvgIpc) is 2.76. The molecule has 0 radical (unpaired) electrons. The van der Waals surface area contributed by atoms with Gasteiger partial charge in [-0.05, 0) is 19.1 Å². The van der Waals surface area contributed by atoms with Gasteiger partial charge in [-0.25, -0.2) is 0 Å². The van der Waals surface area contributed by atoms with E-state index in [-0.39, 0.29) is 11.9 Å². The van der Waals surface area contributed by atoms with Crippen LogP contribution in [0.25, 0.3) is 11.1 Å². The predicted octanol–water partition coefficient (Wildman–Crippen LogP) is 1.15. The molecule has 2 aromatic rings. The number of anilines is 1. The number of fused-ring (bicyclic) bond motifs is 1. The molecule has 1 aliphatic rings. The Morgan fingerprint density at radius 3 is 3.12 bits per heavy atom. The molecule has 1 aromatic heterocycles. The van der Waals surface area contributed by atoms with Gasteiger partial charge in [-0.2, -0.15) is 4.98 Å². The topological polar surface area (TPSA) is 58.4 Å². The van der Waals surface area contributed by atoms with Crippen molar-refractivity contribution in [2.24, 2.45) is 0 Å². The number of nitrogens with one attached hydrogen (secondary N) is 1. The summed E-state index contributed by atoms with van der Waals surface area (Å²) in [5.74, 6) is 0.0125. The van der Waals surface area contributed by atoms with Crippen LogP contribution < -0.4 is 10.2 Å². The van der Waals surface area contributed by atoms with Crippen LogP contribution in [0, 0.1) is 0 Å². The summed E-state index contributed by atoms with van der Waals surface area (Å²) in [4.78, 5) is 17.9. The fourth-order valence-electron chi connectivity index (χ4n) is 2.03. The molecule has 0 bridgehead atoms. The van der Waals surface area contributed by atoms with Gasteiger partial charge in [0.2, 0.25) is 5.91 Å². The Morgan fingerprint density at radius 1 is 1.47 bits per heavy atom. The lowest BCUT2D eigenvalue weighted by atomic mass is 10.2. The average molecular weight is 231 g/mol. The SMILES string of the molecule is CC1C(=O)NCCN1c1nc2ccccc2o1. The normalized spacial score (nSPS) is 20.6. The van der Waals surface area contributed by atoms with Crippen LogP contribution in [0.2, 0.25) is 0 Å². The molecule has 0 saturated carbocycles. The number of hydrogen-bond donors (Lipinski definition) is 1. The fraction of sp³-hybridized carbons (Fsp3) is 0.333. The molecule has 5 nitrogen and oxygen atoms in total. The third kappa shape index (κ3) is 1.63. The Bertz CT molecular complexity index is 531. The van der Waals surface area contributed by atoms with Crippen molar-refractivity contribution >= 4 is 23.0 Å². The van der Waals surface area contributed by atoms with Gasteiger partial charge in [-0.1, -0.05) is 12.1 Å². The van der Waals surface area contributed by atoms with Crippen molar-refractivity contribution in [1.29, 1.82) is 0 Å². The molecular formula is C12H13N3O2. The molecule has 1 saturated heterocycles. The van der Waals surface area contributed by atoms with Crippen molar-refractivity contribution in [3.8, 4) is 0 Å². The molecule has 1 aliphatic heterocycles. The Balaban J connectivity index is 2.00. The Morgan fingerprint density at radius 2 is 2.29 bits per heavy atom. The van der Waals surface area contributed by atoms with E-state index in [4.69, 9.17) is 4.42 Å². The van der Waals surface area contributed by atoms with Gasteiger partial charge in [-0.15, -0.1) is 0 Å². The van der Waals surface area contributed by atoms with E-state index >= 15 is 0 Å². The number of benzene rings is 1. The number of oxazole rings is 1. The van der Waals surface area contributed by atoms with Gasteiger partial charge < -0.3 is 14.6 Å². The van der Waals surface area contributed by atoms with Crippen LogP contribution in [0.3, 0.4) is 0 Å². The summed E-state index contributed by atoms with van der Waals surface area (Å²) < 4.78 is 5.66. The zero-order chi connectivity index (χ0) is 11.8. The van der Waals surface area contributed by atoms with Gasteiger partial charge in [0, 0.05) is 13.1 Å². The molecule has 5 heteroatoms. The van der Waals surface area contributed by atoms with E-state index in [0.717, 1.165) is 17.6 Å². The fourth-order valence-corrected chi connectivity index (χ4v) is 2.03. The van der Waals surface area contributed by atoms with Crippen LogP contribution in [-0.2, 0) is 4.79 Å². The molecule has 2 heterocycles. The monoisotopic (exact) mass is 231 g/mol. The molecule has 0 aliphatic carbocycles. The minimum atomic E-state index is -0.239. The summed E-state index contributed by atoms with van der Waals surface area (Å²) >= 11 is 0. The molecule has 1 amide bonds. The molecule has 1 aromatic carbocycles. The summed E-state index contributed by atoms with van der Waals surface area (Å²) in [6.45, 7) is 3.20. The highest BCUT2D eigenvalue weighted by atomic mass is 16.4. The molecule has 0 spiro atoms. The maximum absolute atomic E-state index is 11.6. The number of hydrogen-bond acceptors (Lipinski definition) is 4. The van der Waals surface area contributed by atoms with Crippen LogP contribution in [-0.4, -0.2) is 30.0 Å². The second-order valence-electron chi connectivity index (χ2n) is 4.12. The zero-order valence-electron chi connectivity index (χ0n) is 9.51. The third-order valence-corrected chi connectivity index (χ3v) is 3.03.